The number of nitrogens with two attached hydrogens (primary N) is 1. The summed E-state index contributed by atoms with van der Waals surface area (Å²) >= 11 is 1.49. The van der Waals surface area contributed by atoms with Crippen LogP contribution in [-0.2, 0) is 5.75 Å². The van der Waals surface area contributed by atoms with E-state index in [1.54, 1.807) is 19.5 Å². The lowest BCUT2D eigenvalue weighted by molar-refractivity contribution is 0.414. The zero-order valence-corrected chi connectivity index (χ0v) is 15.3. The van der Waals surface area contributed by atoms with Gasteiger partial charge in [-0.2, -0.15) is 5.10 Å². The standard InChI is InChI=1S/C17H19N7OS/c1-12(14-7-9-19-10-8-14)20-21-16-22-23-17(24(16)18)26-11-13-3-5-15(25-2)6-4-13/h3-10H,11,18H2,1-2H3,(H,21,22)/b20-12+. The third-order valence-electron chi connectivity index (χ3n) is 3.61. The van der Waals surface area contributed by atoms with Crippen LogP contribution in [0.1, 0.15) is 18.1 Å². The first-order valence-electron chi connectivity index (χ1n) is 7.84. The molecule has 0 spiro atoms. The van der Waals surface area contributed by atoms with Crippen LogP contribution in [-0.4, -0.2) is 32.7 Å². The van der Waals surface area contributed by atoms with E-state index >= 15 is 0 Å². The lowest BCUT2D eigenvalue weighted by Gasteiger charge is -2.05. The highest BCUT2D eigenvalue weighted by Crippen LogP contribution is 2.23. The molecule has 0 aliphatic carbocycles. The van der Waals surface area contributed by atoms with E-state index in [4.69, 9.17) is 10.6 Å². The Morgan fingerprint density at radius 1 is 1.19 bits per heavy atom. The molecular formula is C17H19N7OS. The average Bonchev–Trinajstić information content (AvgIpc) is 3.05. The number of hydrazone groups is 1. The fourth-order valence-corrected chi connectivity index (χ4v) is 2.93. The Kier molecular flexibility index (Phi) is 5.69. The second kappa shape index (κ2) is 8.34. The molecule has 3 N–H and O–H groups in total. The van der Waals surface area contributed by atoms with Gasteiger partial charge in [0, 0.05) is 23.7 Å². The van der Waals surface area contributed by atoms with Crippen molar-refractivity contribution in [1.29, 1.82) is 0 Å². The second-order valence-electron chi connectivity index (χ2n) is 5.36. The number of nitrogens with one attached hydrogen (secondary N) is 1. The van der Waals surface area contributed by atoms with Crippen molar-refractivity contribution >= 4 is 23.4 Å². The van der Waals surface area contributed by atoms with Crippen LogP contribution in [0.25, 0.3) is 0 Å². The van der Waals surface area contributed by atoms with Crippen LogP contribution in [0.2, 0.25) is 0 Å². The number of anilines is 1. The molecule has 8 nitrogen and oxygen atoms in total. The summed E-state index contributed by atoms with van der Waals surface area (Å²) in [5.41, 5.74) is 5.74. The zero-order valence-electron chi connectivity index (χ0n) is 14.5. The molecule has 0 fully saturated rings. The van der Waals surface area contributed by atoms with Gasteiger partial charge in [-0.15, -0.1) is 10.2 Å². The number of benzene rings is 1. The molecule has 0 atom stereocenters. The van der Waals surface area contributed by atoms with Crippen LogP contribution in [0, 0.1) is 0 Å². The molecule has 26 heavy (non-hydrogen) atoms. The van der Waals surface area contributed by atoms with Crippen LogP contribution < -0.4 is 16.0 Å². The van der Waals surface area contributed by atoms with Crippen molar-refractivity contribution in [3.8, 4) is 5.75 Å². The summed E-state index contributed by atoms with van der Waals surface area (Å²) in [6.07, 6.45) is 3.43. The van der Waals surface area contributed by atoms with Crippen LogP contribution in [0.15, 0.2) is 59.0 Å². The Hall–Kier alpha value is -3.07. The number of ether oxygens (including phenoxy) is 1. The number of aromatic nitrogens is 4. The fraction of sp³-hybridized carbons (Fsp3) is 0.176. The van der Waals surface area contributed by atoms with Gasteiger partial charge >= 0.3 is 0 Å². The van der Waals surface area contributed by atoms with Gasteiger partial charge in [-0.05, 0) is 36.8 Å². The topological polar surface area (TPSA) is 103 Å². The number of pyridine rings is 1. The number of hydrogen-bond acceptors (Lipinski definition) is 8. The quantitative estimate of drug-likeness (QED) is 0.285. The summed E-state index contributed by atoms with van der Waals surface area (Å²) in [6, 6.07) is 11.6. The van der Waals surface area contributed by atoms with Crippen molar-refractivity contribution in [3.05, 3.63) is 59.9 Å². The largest absolute Gasteiger partial charge is 0.497 e. The van der Waals surface area contributed by atoms with Crippen molar-refractivity contribution in [3.63, 3.8) is 0 Å². The highest BCUT2D eigenvalue weighted by Gasteiger charge is 2.10. The smallest absolute Gasteiger partial charge is 0.264 e. The van der Waals surface area contributed by atoms with Gasteiger partial charge in [-0.3, -0.25) is 4.98 Å². The maximum absolute atomic E-state index is 6.05. The molecule has 0 bridgehead atoms. The molecular weight excluding hydrogens is 350 g/mol. The number of thioether (sulfide) groups is 1. The number of methoxy groups -OCH3 is 1. The normalized spacial score (nSPS) is 11.4. The third-order valence-corrected chi connectivity index (χ3v) is 4.63. The van der Waals surface area contributed by atoms with Crippen LogP contribution >= 0.6 is 11.8 Å². The Morgan fingerprint density at radius 3 is 2.62 bits per heavy atom. The maximum atomic E-state index is 6.05. The van der Waals surface area contributed by atoms with Crippen molar-refractivity contribution in [1.82, 2.24) is 19.9 Å². The minimum Gasteiger partial charge on any atom is -0.497 e. The van der Waals surface area contributed by atoms with E-state index in [2.05, 4.69) is 25.7 Å². The first kappa shape index (κ1) is 17.7. The molecule has 0 radical (unpaired) electrons. The van der Waals surface area contributed by atoms with E-state index in [1.807, 2.05) is 43.3 Å². The van der Waals surface area contributed by atoms with E-state index in [-0.39, 0.29) is 0 Å². The molecule has 2 heterocycles. The SMILES string of the molecule is COc1ccc(CSc2nnc(N/N=C(\C)c3ccncc3)n2N)cc1. The summed E-state index contributed by atoms with van der Waals surface area (Å²) in [7, 11) is 1.65. The summed E-state index contributed by atoms with van der Waals surface area (Å²) in [6.45, 7) is 1.89. The predicted molar refractivity (Wildman–Crippen MR) is 103 cm³/mol. The first-order valence-corrected chi connectivity index (χ1v) is 8.83. The molecule has 0 saturated carbocycles. The molecule has 0 aliphatic heterocycles. The van der Waals surface area contributed by atoms with Crippen LogP contribution in [0.5, 0.6) is 5.75 Å². The molecule has 3 rings (SSSR count). The number of nitrogens with zero attached hydrogens (tertiary/aromatic N) is 5. The fourth-order valence-electron chi connectivity index (χ4n) is 2.11. The molecule has 134 valence electrons. The minimum atomic E-state index is 0.371. The van der Waals surface area contributed by atoms with E-state index in [1.165, 1.54) is 16.4 Å². The van der Waals surface area contributed by atoms with Crippen molar-refractivity contribution in [2.75, 3.05) is 18.4 Å². The maximum Gasteiger partial charge on any atom is 0.264 e. The Morgan fingerprint density at radius 2 is 1.92 bits per heavy atom. The van der Waals surface area contributed by atoms with E-state index in [0.717, 1.165) is 28.3 Å². The predicted octanol–water partition coefficient (Wildman–Crippen LogP) is 2.52. The van der Waals surface area contributed by atoms with Gasteiger partial charge in [0.1, 0.15) is 5.75 Å². The zero-order chi connectivity index (χ0) is 18.4. The van der Waals surface area contributed by atoms with E-state index in [9.17, 15) is 0 Å². The van der Waals surface area contributed by atoms with Gasteiger partial charge in [0.25, 0.3) is 5.95 Å². The number of hydrogen-bond donors (Lipinski definition) is 2. The summed E-state index contributed by atoms with van der Waals surface area (Å²) < 4.78 is 6.54. The highest BCUT2D eigenvalue weighted by molar-refractivity contribution is 7.98. The van der Waals surface area contributed by atoms with Gasteiger partial charge in [-0.1, -0.05) is 23.9 Å². The third kappa shape index (κ3) is 4.31. The van der Waals surface area contributed by atoms with Gasteiger partial charge in [0.05, 0.1) is 12.8 Å². The van der Waals surface area contributed by atoms with Crippen molar-refractivity contribution < 1.29 is 4.74 Å². The molecule has 1 aromatic carbocycles. The Labute approximate surface area is 155 Å². The lowest BCUT2D eigenvalue weighted by atomic mass is 10.2. The molecule has 0 aliphatic rings. The summed E-state index contributed by atoms with van der Waals surface area (Å²) in [5.74, 6) is 7.97. The van der Waals surface area contributed by atoms with E-state index in [0.29, 0.717) is 11.1 Å². The first-order chi connectivity index (χ1) is 12.7. The van der Waals surface area contributed by atoms with E-state index < -0.39 is 0 Å². The molecule has 0 unspecified atom stereocenters. The summed E-state index contributed by atoms with van der Waals surface area (Å²) in [5, 5.41) is 13.0. The number of nitrogen functional groups attached to an aromatic ring is 1. The number of rotatable bonds is 7. The molecule has 0 amide bonds. The van der Waals surface area contributed by atoms with Crippen LogP contribution in [0.4, 0.5) is 5.95 Å². The Balaban J connectivity index is 1.62. The molecule has 0 saturated heterocycles. The average molecular weight is 369 g/mol. The van der Waals surface area contributed by atoms with Gasteiger partial charge in [0.2, 0.25) is 5.16 Å². The van der Waals surface area contributed by atoms with Gasteiger partial charge in [0.15, 0.2) is 0 Å². The van der Waals surface area contributed by atoms with Gasteiger partial charge in [-0.25, -0.2) is 10.1 Å². The Bertz CT molecular complexity index is 878. The minimum absolute atomic E-state index is 0.371. The van der Waals surface area contributed by atoms with Crippen molar-refractivity contribution in [2.24, 2.45) is 5.10 Å². The lowest BCUT2D eigenvalue weighted by Crippen LogP contribution is -2.13. The summed E-state index contributed by atoms with van der Waals surface area (Å²) in [4.78, 5) is 3.99. The monoisotopic (exact) mass is 369 g/mol. The van der Waals surface area contributed by atoms with Crippen molar-refractivity contribution in [2.45, 2.75) is 17.8 Å². The second-order valence-corrected chi connectivity index (χ2v) is 6.30. The molecule has 3 aromatic rings. The molecule has 2 aromatic heterocycles. The van der Waals surface area contributed by atoms with Gasteiger partial charge < -0.3 is 10.6 Å². The highest BCUT2D eigenvalue weighted by atomic mass is 32.2. The molecule has 9 heteroatoms. The van der Waals surface area contributed by atoms with Crippen LogP contribution in [0.3, 0.4) is 0 Å².